The summed E-state index contributed by atoms with van der Waals surface area (Å²) in [4.78, 5) is 10.1. The van der Waals surface area contributed by atoms with E-state index in [0.29, 0.717) is 0 Å². The van der Waals surface area contributed by atoms with E-state index in [1.54, 1.807) is 0 Å². The smallest absolute Gasteiger partial charge is 1.00 e. The Morgan fingerprint density at radius 2 is 1.57 bits per heavy atom. The predicted molar refractivity (Wildman–Crippen MR) is 46.7 cm³/mol. The molecule has 0 saturated carbocycles. The summed E-state index contributed by atoms with van der Waals surface area (Å²) in [5.74, 6) is -1.73. The molecule has 0 heterocycles. The second-order valence-corrected chi connectivity index (χ2v) is 2.51. The number of aliphatic carboxylic acids is 1. The molecule has 0 bridgehead atoms. The summed E-state index contributed by atoms with van der Waals surface area (Å²) in [5, 5.41) is 51.8. The van der Waals surface area contributed by atoms with Crippen LogP contribution in [0, 0.1) is 0 Å². The third-order valence-corrected chi connectivity index (χ3v) is 1.51. The number of aliphatic hydroxyl groups excluding tert-OH is 5. The minimum atomic E-state index is -2.20. The van der Waals surface area contributed by atoms with Crippen molar-refractivity contribution in [2.24, 2.45) is 0 Å². The summed E-state index contributed by atoms with van der Waals surface area (Å²) in [6.45, 7) is -0.843. The second kappa shape index (κ2) is 7.34. The van der Waals surface area contributed by atoms with Crippen LogP contribution in [0.5, 0.6) is 0 Å². The summed E-state index contributed by atoms with van der Waals surface area (Å²) >= 11 is 0. The summed E-state index contributed by atoms with van der Waals surface area (Å²) < 4.78 is 0. The Hall–Kier alpha value is 0.0362. The molecule has 0 aliphatic heterocycles. The average Bonchev–Trinajstić information content (AvgIpc) is 2.12. The van der Waals surface area contributed by atoms with Crippen LogP contribution >= 0.6 is 0 Å². The summed E-state index contributed by atoms with van der Waals surface area (Å²) in [6.07, 6.45) is -7.84. The zero-order valence-electron chi connectivity index (χ0n) is 9.32. The quantitative estimate of drug-likeness (QED) is 0.264. The van der Waals surface area contributed by atoms with Crippen LogP contribution in [0.3, 0.4) is 0 Å². The summed E-state index contributed by atoms with van der Waals surface area (Å²) in [5.41, 5.74) is 0. The van der Waals surface area contributed by atoms with E-state index < -0.39 is 37.0 Å². The topological polar surface area (TPSA) is 138 Å². The third kappa shape index (κ3) is 4.51. The normalized spacial score (nSPS) is 18.9. The molecule has 0 aromatic heterocycles. The number of carboxylic acid groups (broad SMARTS) is 1. The molecule has 0 radical (unpaired) electrons. The standard InChI is InChI=1S/C6H12O7.Mg.2H/c7-1-2(8)3(9)4(10)5(11)6(12)13;;;/h2-5,7-11H,1H2,(H,12,13);;;/q;+2;2*-1. The molecule has 0 fully saturated rings. The van der Waals surface area contributed by atoms with Gasteiger partial charge in [-0.15, -0.1) is 0 Å². The van der Waals surface area contributed by atoms with Crippen molar-refractivity contribution >= 4 is 29.0 Å². The molecular weight excluding hydrogens is 208 g/mol. The average molecular weight is 222 g/mol. The molecule has 0 aromatic rings. The summed E-state index contributed by atoms with van der Waals surface area (Å²) in [7, 11) is 0. The van der Waals surface area contributed by atoms with Crippen LogP contribution in [0.4, 0.5) is 0 Å². The number of aliphatic hydroxyl groups is 5. The molecule has 14 heavy (non-hydrogen) atoms. The van der Waals surface area contributed by atoms with Crippen LogP contribution in [-0.4, -0.2) is 90.7 Å². The Bertz CT molecular complexity index is 184. The first-order valence-corrected chi connectivity index (χ1v) is 3.47. The monoisotopic (exact) mass is 222 g/mol. The van der Waals surface area contributed by atoms with E-state index in [9.17, 15) is 4.79 Å². The van der Waals surface area contributed by atoms with Crippen LogP contribution in [0.2, 0.25) is 0 Å². The Balaban J connectivity index is -0.000000240. The Morgan fingerprint density at radius 3 is 1.86 bits per heavy atom. The maximum atomic E-state index is 10.1. The largest absolute Gasteiger partial charge is 2.00 e. The van der Waals surface area contributed by atoms with Crippen molar-refractivity contribution in [3.8, 4) is 0 Å². The van der Waals surface area contributed by atoms with Gasteiger partial charge in [0.1, 0.15) is 18.3 Å². The van der Waals surface area contributed by atoms with Crippen LogP contribution in [0.25, 0.3) is 0 Å². The van der Waals surface area contributed by atoms with Gasteiger partial charge in [0.05, 0.1) is 6.61 Å². The van der Waals surface area contributed by atoms with E-state index in [4.69, 9.17) is 30.6 Å². The molecule has 8 heteroatoms. The Labute approximate surface area is 98.7 Å². The van der Waals surface area contributed by atoms with Gasteiger partial charge in [-0.1, -0.05) is 0 Å². The fourth-order valence-electron chi connectivity index (χ4n) is 0.668. The number of carbonyl (C=O) groups is 1. The van der Waals surface area contributed by atoms with Crippen molar-refractivity contribution < 1.29 is 38.3 Å². The predicted octanol–water partition coefficient (Wildman–Crippen LogP) is -3.65. The van der Waals surface area contributed by atoms with E-state index >= 15 is 0 Å². The van der Waals surface area contributed by atoms with Crippen LogP contribution in [0.1, 0.15) is 2.85 Å². The zero-order valence-corrected chi connectivity index (χ0v) is 8.73. The fraction of sp³-hybridized carbons (Fsp3) is 0.833. The molecule has 4 atom stereocenters. The van der Waals surface area contributed by atoms with Crippen molar-refractivity contribution in [3.63, 3.8) is 0 Å². The number of carboxylic acids is 1. The molecular formula is C6H14MgO7. The van der Waals surface area contributed by atoms with Crippen molar-refractivity contribution in [2.45, 2.75) is 24.4 Å². The molecule has 0 aromatic carbocycles. The van der Waals surface area contributed by atoms with Crippen LogP contribution in [-0.2, 0) is 4.79 Å². The van der Waals surface area contributed by atoms with E-state index in [-0.39, 0.29) is 25.9 Å². The van der Waals surface area contributed by atoms with Gasteiger partial charge in [-0.05, 0) is 0 Å². The molecule has 0 spiro atoms. The molecule has 0 rings (SSSR count). The molecule has 0 aliphatic rings. The first-order valence-electron chi connectivity index (χ1n) is 3.47. The Kier molecular flexibility index (Phi) is 8.64. The maximum Gasteiger partial charge on any atom is 2.00 e. The van der Waals surface area contributed by atoms with Gasteiger partial charge in [0.2, 0.25) is 0 Å². The molecule has 4 unspecified atom stereocenters. The van der Waals surface area contributed by atoms with Crippen LogP contribution in [0.15, 0.2) is 0 Å². The van der Waals surface area contributed by atoms with E-state index in [0.717, 1.165) is 0 Å². The van der Waals surface area contributed by atoms with Gasteiger partial charge in [-0.2, -0.15) is 0 Å². The van der Waals surface area contributed by atoms with Gasteiger partial charge < -0.3 is 33.5 Å². The van der Waals surface area contributed by atoms with Gasteiger partial charge in [0.15, 0.2) is 6.10 Å². The zero-order chi connectivity index (χ0) is 10.6. The third-order valence-electron chi connectivity index (χ3n) is 1.51. The second-order valence-electron chi connectivity index (χ2n) is 2.51. The minimum absolute atomic E-state index is 0. The number of hydrogen-bond acceptors (Lipinski definition) is 6. The van der Waals surface area contributed by atoms with Crippen molar-refractivity contribution in [1.82, 2.24) is 0 Å². The van der Waals surface area contributed by atoms with E-state index in [2.05, 4.69) is 0 Å². The first-order chi connectivity index (χ1) is 5.91. The molecule has 7 nitrogen and oxygen atoms in total. The van der Waals surface area contributed by atoms with E-state index in [1.165, 1.54) is 0 Å². The van der Waals surface area contributed by atoms with Gasteiger partial charge in [-0.25, -0.2) is 4.79 Å². The molecule has 0 saturated heterocycles. The van der Waals surface area contributed by atoms with Gasteiger partial charge in [0, 0.05) is 0 Å². The number of rotatable bonds is 5. The number of hydrogen-bond donors (Lipinski definition) is 6. The van der Waals surface area contributed by atoms with Crippen molar-refractivity contribution in [1.29, 1.82) is 0 Å². The van der Waals surface area contributed by atoms with Gasteiger partial charge in [-0.3, -0.25) is 0 Å². The van der Waals surface area contributed by atoms with Gasteiger partial charge in [0.25, 0.3) is 0 Å². The minimum Gasteiger partial charge on any atom is -1.00 e. The molecule has 0 amide bonds. The van der Waals surface area contributed by atoms with Crippen LogP contribution < -0.4 is 0 Å². The molecule has 0 aliphatic carbocycles. The fourth-order valence-corrected chi connectivity index (χ4v) is 0.668. The van der Waals surface area contributed by atoms with Crippen molar-refractivity contribution in [2.75, 3.05) is 6.61 Å². The van der Waals surface area contributed by atoms with Crippen molar-refractivity contribution in [3.05, 3.63) is 0 Å². The van der Waals surface area contributed by atoms with E-state index in [1.807, 2.05) is 0 Å². The summed E-state index contributed by atoms with van der Waals surface area (Å²) in [6, 6.07) is 0. The maximum absolute atomic E-state index is 10.1. The Morgan fingerprint density at radius 1 is 1.14 bits per heavy atom. The first kappa shape index (κ1) is 16.5. The molecule has 82 valence electrons. The van der Waals surface area contributed by atoms with Gasteiger partial charge >= 0.3 is 29.0 Å². The SMILES string of the molecule is O=C(O)C(O)C(O)C(O)C(O)CO.[H-].[H-].[Mg+2]. The molecule has 6 N–H and O–H groups in total.